The predicted octanol–water partition coefficient (Wildman–Crippen LogP) is 3.15. The SMILES string of the molecule is COC(=O)NN=C(C)c1ccc(N2CCCCCC2)cc1. The molecule has 1 fully saturated rings. The van der Waals surface area contributed by atoms with E-state index in [-0.39, 0.29) is 0 Å². The van der Waals surface area contributed by atoms with E-state index in [1.54, 1.807) is 0 Å². The molecule has 0 bridgehead atoms. The molecule has 0 spiro atoms. The summed E-state index contributed by atoms with van der Waals surface area (Å²) in [5, 5.41) is 4.00. The molecule has 1 aromatic carbocycles. The van der Waals surface area contributed by atoms with Crippen molar-refractivity contribution in [3.05, 3.63) is 29.8 Å². The van der Waals surface area contributed by atoms with Gasteiger partial charge in [0.05, 0.1) is 12.8 Å². The standard InChI is InChI=1S/C16H23N3O2/c1-13(17-18-16(20)21-2)14-7-9-15(10-8-14)19-11-5-3-4-6-12-19/h7-10H,3-6,11-12H2,1-2H3,(H,18,20). The topological polar surface area (TPSA) is 53.9 Å². The summed E-state index contributed by atoms with van der Waals surface area (Å²) in [6.45, 7) is 4.13. The minimum atomic E-state index is -0.560. The minimum absolute atomic E-state index is 0.560. The maximum atomic E-state index is 11.0. The molecular weight excluding hydrogens is 266 g/mol. The number of nitrogens with one attached hydrogen (secondary N) is 1. The number of hydrogen-bond acceptors (Lipinski definition) is 4. The van der Waals surface area contributed by atoms with Crippen LogP contribution < -0.4 is 10.3 Å². The molecule has 5 nitrogen and oxygen atoms in total. The summed E-state index contributed by atoms with van der Waals surface area (Å²) >= 11 is 0. The second-order valence-electron chi connectivity index (χ2n) is 5.25. The van der Waals surface area contributed by atoms with Crippen molar-refractivity contribution in [1.29, 1.82) is 0 Å². The van der Waals surface area contributed by atoms with Crippen LogP contribution in [0.3, 0.4) is 0 Å². The molecule has 2 rings (SSSR count). The Hall–Kier alpha value is -2.04. The lowest BCUT2D eigenvalue weighted by molar-refractivity contribution is 0.171. The Balaban J connectivity index is 2.02. The van der Waals surface area contributed by atoms with Gasteiger partial charge in [-0.3, -0.25) is 0 Å². The van der Waals surface area contributed by atoms with Gasteiger partial charge in [0.1, 0.15) is 0 Å². The highest BCUT2D eigenvalue weighted by Gasteiger charge is 2.10. The number of carbonyl (C=O) groups is 1. The molecule has 0 aromatic heterocycles. The zero-order chi connectivity index (χ0) is 15.1. The van der Waals surface area contributed by atoms with Gasteiger partial charge in [-0.05, 0) is 37.5 Å². The molecule has 0 radical (unpaired) electrons. The van der Waals surface area contributed by atoms with E-state index in [1.165, 1.54) is 38.5 Å². The van der Waals surface area contributed by atoms with Gasteiger partial charge in [0.2, 0.25) is 0 Å². The smallest absolute Gasteiger partial charge is 0.427 e. The van der Waals surface area contributed by atoms with Crippen LogP contribution in [0.4, 0.5) is 10.5 Å². The highest BCUT2D eigenvalue weighted by atomic mass is 16.5. The molecule has 1 aliphatic heterocycles. The molecule has 0 atom stereocenters. The Labute approximate surface area is 126 Å². The van der Waals surface area contributed by atoms with Crippen molar-refractivity contribution in [2.75, 3.05) is 25.1 Å². The molecule has 5 heteroatoms. The van der Waals surface area contributed by atoms with Crippen LogP contribution in [0.25, 0.3) is 0 Å². The average Bonchev–Trinajstić information content (AvgIpc) is 2.81. The van der Waals surface area contributed by atoms with Gasteiger partial charge in [0, 0.05) is 18.8 Å². The first-order chi connectivity index (χ1) is 10.2. The van der Waals surface area contributed by atoms with Gasteiger partial charge >= 0.3 is 6.09 Å². The molecule has 114 valence electrons. The first-order valence-corrected chi connectivity index (χ1v) is 7.44. The highest BCUT2D eigenvalue weighted by molar-refractivity contribution is 5.99. The van der Waals surface area contributed by atoms with Gasteiger partial charge < -0.3 is 9.64 Å². The third-order valence-corrected chi connectivity index (χ3v) is 3.76. The second kappa shape index (κ2) is 7.67. The van der Waals surface area contributed by atoms with Gasteiger partial charge in [0.25, 0.3) is 0 Å². The molecule has 1 amide bonds. The maximum absolute atomic E-state index is 11.0. The number of benzene rings is 1. The van der Waals surface area contributed by atoms with Crippen LogP contribution in [0.1, 0.15) is 38.2 Å². The molecule has 0 saturated carbocycles. The molecule has 0 aliphatic carbocycles. The highest BCUT2D eigenvalue weighted by Crippen LogP contribution is 2.20. The number of ether oxygens (including phenoxy) is 1. The first-order valence-electron chi connectivity index (χ1n) is 7.44. The lowest BCUT2D eigenvalue weighted by Crippen LogP contribution is -2.23. The number of hydrazone groups is 1. The molecule has 21 heavy (non-hydrogen) atoms. The zero-order valence-corrected chi connectivity index (χ0v) is 12.8. The van der Waals surface area contributed by atoms with E-state index in [0.717, 1.165) is 24.4 Å². The van der Waals surface area contributed by atoms with E-state index in [9.17, 15) is 4.79 Å². The molecule has 1 heterocycles. The van der Waals surface area contributed by atoms with Crippen molar-refractivity contribution < 1.29 is 9.53 Å². The summed E-state index contributed by atoms with van der Waals surface area (Å²) in [7, 11) is 1.32. The largest absolute Gasteiger partial charge is 0.452 e. The van der Waals surface area contributed by atoms with Crippen LogP contribution in [0, 0.1) is 0 Å². The lowest BCUT2D eigenvalue weighted by atomic mass is 10.1. The summed E-state index contributed by atoms with van der Waals surface area (Å²) < 4.78 is 4.48. The molecule has 1 aliphatic rings. The van der Waals surface area contributed by atoms with Crippen LogP contribution in [0.2, 0.25) is 0 Å². The van der Waals surface area contributed by atoms with E-state index in [2.05, 4.69) is 32.3 Å². The normalized spacial score (nSPS) is 16.3. The fourth-order valence-electron chi connectivity index (χ4n) is 2.48. The monoisotopic (exact) mass is 289 g/mol. The Bertz CT molecular complexity index is 489. The van der Waals surface area contributed by atoms with Crippen molar-refractivity contribution >= 4 is 17.5 Å². The third-order valence-electron chi connectivity index (χ3n) is 3.76. The number of rotatable bonds is 3. The molecule has 0 unspecified atom stereocenters. The van der Waals surface area contributed by atoms with Gasteiger partial charge in [-0.2, -0.15) is 5.10 Å². The Morgan fingerprint density at radius 3 is 2.33 bits per heavy atom. The van der Waals surface area contributed by atoms with Crippen molar-refractivity contribution in [1.82, 2.24) is 5.43 Å². The molecule has 1 aromatic rings. The number of methoxy groups -OCH3 is 1. The summed E-state index contributed by atoms with van der Waals surface area (Å²) in [6, 6.07) is 8.33. The predicted molar refractivity (Wildman–Crippen MR) is 84.9 cm³/mol. The van der Waals surface area contributed by atoms with E-state index in [0.29, 0.717) is 0 Å². The molecule has 1 N–H and O–H groups in total. The third kappa shape index (κ3) is 4.48. The van der Waals surface area contributed by atoms with Crippen molar-refractivity contribution in [3.8, 4) is 0 Å². The Morgan fingerprint density at radius 1 is 1.14 bits per heavy atom. The number of hydrogen-bond donors (Lipinski definition) is 1. The van der Waals surface area contributed by atoms with E-state index < -0.39 is 6.09 Å². The van der Waals surface area contributed by atoms with E-state index in [1.807, 2.05) is 19.1 Å². The molecular formula is C16H23N3O2. The van der Waals surface area contributed by atoms with Crippen molar-refractivity contribution in [2.45, 2.75) is 32.6 Å². The van der Waals surface area contributed by atoms with Crippen LogP contribution >= 0.6 is 0 Å². The van der Waals surface area contributed by atoms with Gasteiger partial charge in [-0.15, -0.1) is 0 Å². The average molecular weight is 289 g/mol. The number of anilines is 1. The number of nitrogens with zero attached hydrogens (tertiary/aromatic N) is 2. The minimum Gasteiger partial charge on any atom is -0.452 e. The van der Waals surface area contributed by atoms with Crippen LogP contribution in [-0.4, -0.2) is 32.0 Å². The lowest BCUT2D eigenvalue weighted by Gasteiger charge is -2.22. The van der Waals surface area contributed by atoms with Crippen LogP contribution in [0.15, 0.2) is 29.4 Å². The van der Waals surface area contributed by atoms with Gasteiger partial charge in [-0.1, -0.05) is 25.0 Å². The summed E-state index contributed by atoms with van der Waals surface area (Å²) in [6.07, 6.45) is 4.64. The van der Waals surface area contributed by atoms with Gasteiger partial charge in [-0.25, -0.2) is 10.2 Å². The van der Waals surface area contributed by atoms with Crippen molar-refractivity contribution in [2.24, 2.45) is 5.10 Å². The summed E-state index contributed by atoms with van der Waals surface area (Å²) in [5.74, 6) is 0. The summed E-state index contributed by atoms with van der Waals surface area (Å²) in [5.41, 5.74) is 5.34. The maximum Gasteiger partial charge on any atom is 0.427 e. The second-order valence-corrected chi connectivity index (χ2v) is 5.25. The number of carbonyl (C=O) groups excluding carboxylic acids is 1. The molecule has 1 saturated heterocycles. The number of amides is 1. The van der Waals surface area contributed by atoms with E-state index in [4.69, 9.17) is 0 Å². The Kier molecular flexibility index (Phi) is 5.60. The van der Waals surface area contributed by atoms with Gasteiger partial charge in [0.15, 0.2) is 0 Å². The fraction of sp³-hybridized carbons (Fsp3) is 0.500. The summed E-state index contributed by atoms with van der Waals surface area (Å²) in [4.78, 5) is 13.4. The van der Waals surface area contributed by atoms with Crippen LogP contribution in [0.5, 0.6) is 0 Å². The van der Waals surface area contributed by atoms with Crippen LogP contribution in [-0.2, 0) is 4.74 Å². The Morgan fingerprint density at radius 2 is 1.76 bits per heavy atom. The van der Waals surface area contributed by atoms with E-state index >= 15 is 0 Å². The fourth-order valence-corrected chi connectivity index (χ4v) is 2.48. The first kappa shape index (κ1) is 15.4. The van der Waals surface area contributed by atoms with Crippen molar-refractivity contribution in [3.63, 3.8) is 0 Å². The zero-order valence-electron chi connectivity index (χ0n) is 12.8. The quantitative estimate of drug-likeness (QED) is 0.687.